The van der Waals surface area contributed by atoms with E-state index in [9.17, 15) is 28.9 Å². The Morgan fingerprint density at radius 2 is 1.91 bits per heavy atom. The van der Waals surface area contributed by atoms with Crippen LogP contribution in [0.1, 0.15) is 27.8 Å². The number of nitro benzene ring substituents is 1. The number of fused-ring (bicyclic) bond motifs is 1. The molecule has 4 aromatic rings. The van der Waals surface area contributed by atoms with E-state index in [1.165, 1.54) is 41.8 Å². The minimum absolute atomic E-state index is 0.0423. The van der Waals surface area contributed by atoms with Crippen LogP contribution in [-0.2, 0) is 4.74 Å². The fourth-order valence-electron chi connectivity index (χ4n) is 3.24. The molecule has 0 aliphatic carbocycles. The van der Waals surface area contributed by atoms with E-state index in [2.05, 4.69) is 10.4 Å². The van der Waals surface area contributed by atoms with Gasteiger partial charge in [-0.25, -0.2) is 9.18 Å². The molecule has 34 heavy (non-hydrogen) atoms. The van der Waals surface area contributed by atoms with Crippen LogP contribution < -0.4 is 10.9 Å². The third-order valence-electron chi connectivity index (χ3n) is 4.76. The number of nitrogens with zero attached hydrogens (tertiary/aromatic N) is 3. The van der Waals surface area contributed by atoms with Crippen LogP contribution in [0.2, 0.25) is 0 Å². The number of halogens is 1. The molecular formula is C22H15FN4O6S. The fraction of sp³-hybridized carbons (Fsp3) is 0.0909. The quantitative estimate of drug-likeness (QED) is 0.250. The van der Waals surface area contributed by atoms with Gasteiger partial charge < -0.3 is 10.1 Å². The van der Waals surface area contributed by atoms with Gasteiger partial charge in [0.25, 0.3) is 17.2 Å². The van der Waals surface area contributed by atoms with Gasteiger partial charge in [-0.3, -0.25) is 19.7 Å². The van der Waals surface area contributed by atoms with Crippen molar-refractivity contribution in [1.29, 1.82) is 0 Å². The first kappa shape index (κ1) is 22.7. The molecule has 1 amide bonds. The van der Waals surface area contributed by atoms with Gasteiger partial charge in [-0.1, -0.05) is 12.1 Å². The molecule has 0 saturated heterocycles. The maximum absolute atomic E-state index is 13.4. The van der Waals surface area contributed by atoms with E-state index in [0.717, 1.165) is 28.2 Å². The Bertz CT molecular complexity index is 1500. The predicted molar refractivity (Wildman–Crippen MR) is 122 cm³/mol. The van der Waals surface area contributed by atoms with Crippen molar-refractivity contribution in [1.82, 2.24) is 9.78 Å². The zero-order chi connectivity index (χ0) is 24.4. The zero-order valence-corrected chi connectivity index (χ0v) is 18.3. The van der Waals surface area contributed by atoms with Crippen molar-refractivity contribution in [3.8, 4) is 5.69 Å². The van der Waals surface area contributed by atoms with Crippen LogP contribution in [0, 0.1) is 15.9 Å². The van der Waals surface area contributed by atoms with Crippen LogP contribution in [0.25, 0.3) is 16.5 Å². The molecule has 0 atom stereocenters. The number of aromatic nitrogens is 2. The number of carbonyl (C=O) groups excluding carboxylic acids is 2. The van der Waals surface area contributed by atoms with Crippen molar-refractivity contribution < 1.29 is 23.6 Å². The Balaban J connectivity index is 1.88. The van der Waals surface area contributed by atoms with Gasteiger partial charge >= 0.3 is 5.97 Å². The first-order valence-electron chi connectivity index (χ1n) is 9.84. The van der Waals surface area contributed by atoms with E-state index in [-0.39, 0.29) is 39.3 Å². The lowest BCUT2D eigenvalue weighted by molar-refractivity contribution is -0.385. The molecule has 2 aromatic heterocycles. The summed E-state index contributed by atoms with van der Waals surface area (Å²) in [4.78, 5) is 49.3. The highest BCUT2D eigenvalue weighted by molar-refractivity contribution is 7.16. The van der Waals surface area contributed by atoms with E-state index in [1.54, 1.807) is 6.92 Å². The van der Waals surface area contributed by atoms with E-state index in [1.807, 2.05) is 0 Å². The summed E-state index contributed by atoms with van der Waals surface area (Å²) in [6.45, 7) is 1.67. The lowest BCUT2D eigenvalue weighted by Gasteiger charge is -2.10. The number of anilines is 1. The maximum atomic E-state index is 13.4. The minimum Gasteiger partial charge on any atom is -0.461 e. The van der Waals surface area contributed by atoms with Crippen molar-refractivity contribution in [3.63, 3.8) is 0 Å². The molecule has 2 aromatic carbocycles. The molecule has 1 N–H and O–H groups in total. The van der Waals surface area contributed by atoms with Gasteiger partial charge in [0.2, 0.25) is 0 Å². The highest BCUT2D eigenvalue weighted by atomic mass is 32.1. The van der Waals surface area contributed by atoms with Gasteiger partial charge in [-0.15, -0.1) is 11.3 Å². The Labute approximate surface area is 194 Å². The van der Waals surface area contributed by atoms with E-state index >= 15 is 0 Å². The van der Waals surface area contributed by atoms with Crippen LogP contribution in [0.3, 0.4) is 0 Å². The van der Waals surface area contributed by atoms with Crippen molar-refractivity contribution in [2.24, 2.45) is 0 Å². The molecule has 0 fully saturated rings. The monoisotopic (exact) mass is 482 g/mol. The second-order valence-corrected chi connectivity index (χ2v) is 7.72. The van der Waals surface area contributed by atoms with Gasteiger partial charge in [0, 0.05) is 16.8 Å². The maximum Gasteiger partial charge on any atom is 0.359 e. The standard InChI is InChI=1S/C22H15FN4O6S/c1-2-33-22(30)18-15-11-34-20(24-19(28)14-5-3-4-6-16(14)27(31)32)17(15)21(29)26(25-18)13-9-7-12(23)8-10-13/h3-11H,2H2,1H3,(H,24,28). The summed E-state index contributed by atoms with van der Waals surface area (Å²) in [5.74, 6) is -2.13. The molecule has 0 radical (unpaired) electrons. The average Bonchev–Trinajstić information content (AvgIpc) is 3.24. The molecule has 12 heteroatoms. The molecule has 0 aliphatic rings. The van der Waals surface area contributed by atoms with Crippen molar-refractivity contribution in [2.75, 3.05) is 11.9 Å². The normalized spacial score (nSPS) is 10.8. The number of carbonyl (C=O) groups is 2. The van der Waals surface area contributed by atoms with E-state index < -0.39 is 33.9 Å². The van der Waals surface area contributed by atoms with Crippen molar-refractivity contribution in [2.45, 2.75) is 6.92 Å². The number of ether oxygens (including phenoxy) is 1. The Morgan fingerprint density at radius 1 is 1.21 bits per heavy atom. The molecule has 0 saturated carbocycles. The summed E-state index contributed by atoms with van der Waals surface area (Å²) in [6, 6.07) is 10.2. The summed E-state index contributed by atoms with van der Waals surface area (Å²) in [7, 11) is 0. The Morgan fingerprint density at radius 3 is 2.59 bits per heavy atom. The number of esters is 1. The molecular weight excluding hydrogens is 467 g/mol. The largest absolute Gasteiger partial charge is 0.461 e. The summed E-state index contributed by atoms with van der Waals surface area (Å²) >= 11 is 0.947. The third-order valence-corrected chi connectivity index (χ3v) is 5.66. The van der Waals surface area contributed by atoms with E-state index in [4.69, 9.17) is 4.74 Å². The highest BCUT2D eigenvalue weighted by Gasteiger charge is 2.25. The SMILES string of the molecule is CCOC(=O)c1nn(-c2ccc(F)cc2)c(=O)c2c(NC(=O)c3ccccc3[N+](=O)[O-])scc12. The lowest BCUT2D eigenvalue weighted by atomic mass is 10.1. The van der Waals surface area contributed by atoms with Crippen molar-refractivity contribution in [3.05, 3.63) is 91.5 Å². The topological polar surface area (TPSA) is 133 Å². The van der Waals surface area contributed by atoms with Gasteiger partial charge in [-0.2, -0.15) is 9.78 Å². The number of thiophene rings is 1. The van der Waals surface area contributed by atoms with Crippen LogP contribution in [0.15, 0.2) is 58.7 Å². The molecule has 0 bridgehead atoms. The van der Waals surface area contributed by atoms with Gasteiger partial charge in [0.05, 0.1) is 22.6 Å². The number of amides is 1. The molecule has 4 rings (SSSR count). The number of hydrogen-bond acceptors (Lipinski definition) is 8. The number of para-hydroxylation sites is 1. The molecule has 2 heterocycles. The fourth-order valence-corrected chi connectivity index (χ4v) is 4.18. The van der Waals surface area contributed by atoms with Crippen LogP contribution in [0.5, 0.6) is 0 Å². The first-order chi connectivity index (χ1) is 16.3. The summed E-state index contributed by atoms with van der Waals surface area (Å²) in [5.41, 5.74) is -1.29. The first-order valence-corrected chi connectivity index (χ1v) is 10.7. The molecule has 172 valence electrons. The smallest absolute Gasteiger partial charge is 0.359 e. The summed E-state index contributed by atoms with van der Waals surface area (Å²) < 4.78 is 19.4. The highest BCUT2D eigenvalue weighted by Crippen LogP contribution is 2.31. The minimum atomic E-state index is -0.807. The van der Waals surface area contributed by atoms with Gasteiger partial charge in [0.1, 0.15) is 16.4 Å². The van der Waals surface area contributed by atoms with E-state index in [0.29, 0.717) is 0 Å². The van der Waals surface area contributed by atoms with Crippen LogP contribution in [0.4, 0.5) is 15.1 Å². The number of hydrogen-bond donors (Lipinski definition) is 1. The number of benzene rings is 2. The molecule has 0 spiro atoms. The molecule has 10 nitrogen and oxygen atoms in total. The van der Waals surface area contributed by atoms with Crippen LogP contribution >= 0.6 is 11.3 Å². The third kappa shape index (κ3) is 4.13. The van der Waals surface area contributed by atoms with Crippen LogP contribution in [-0.4, -0.2) is 33.2 Å². The molecule has 0 aliphatic heterocycles. The summed E-state index contributed by atoms with van der Waals surface area (Å²) in [5, 5.41) is 19.6. The zero-order valence-electron chi connectivity index (χ0n) is 17.5. The Kier molecular flexibility index (Phi) is 6.15. The summed E-state index contributed by atoms with van der Waals surface area (Å²) in [6.07, 6.45) is 0. The van der Waals surface area contributed by atoms with Gasteiger partial charge in [0.15, 0.2) is 5.69 Å². The molecule has 0 unspecified atom stereocenters. The Hall–Kier alpha value is -4.45. The second kappa shape index (κ2) is 9.19. The van der Waals surface area contributed by atoms with Gasteiger partial charge in [-0.05, 0) is 37.3 Å². The lowest BCUT2D eigenvalue weighted by Crippen LogP contribution is -2.25. The number of nitro groups is 1. The van der Waals surface area contributed by atoms with Crippen molar-refractivity contribution >= 4 is 44.7 Å². The predicted octanol–water partition coefficient (Wildman–Crippen LogP) is 3.92. The number of nitrogens with one attached hydrogen (secondary N) is 1. The average molecular weight is 482 g/mol. The second-order valence-electron chi connectivity index (χ2n) is 6.84. The number of rotatable bonds is 6.